The van der Waals surface area contributed by atoms with Gasteiger partial charge in [-0.1, -0.05) is 53.5 Å². The third kappa shape index (κ3) is 6.60. The second-order valence-electron chi connectivity index (χ2n) is 8.51. The highest BCUT2D eigenvalue weighted by molar-refractivity contribution is 7.09. The average Bonchev–Trinajstić information content (AvgIpc) is 3.59. The number of nitrogens with one attached hydrogen (secondary N) is 2. The van der Waals surface area contributed by atoms with Gasteiger partial charge in [-0.15, -0.1) is 11.3 Å². The largest absolute Gasteiger partial charge is 0.445 e. The number of benzene rings is 2. The van der Waals surface area contributed by atoms with Crippen molar-refractivity contribution in [1.82, 2.24) is 20.5 Å². The molecule has 0 radical (unpaired) electrons. The zero-order chi connectivity index (χ0) is 26.4. The van der Waals surface area contributed by atoms with E-state index < -0.39 is 6.09 Å². The van der Waals surface area contributed by atoms with Crippen molar-refractivity contribution in [2.24, 2.45) is 0 Å². The van der Waals surface area contributed by atoms with E-state index in [9.17, 15) is 14.4 Å². The van der Waals surface area contributed by atoms with Gasteiger partial charge in [-0.2, -0.15) is 0 Å². The Morgan fingerprint density at radius 2 is 1.86 bits per heavy atom. The highest BCUT2D eigenvalue weighted by Gasteiger charge is 2.34. The van der Waals surface area contributed by atoms with Gasteiger partial charge in [0.1, 0.15) is 17.3 Å². The van der Waals surface area contributed by atoms with Gasteiger partial charge in [0.05, 0.1) is 16.6 Å². The molecule has 2 N–H and O–H groups in total. The fourth-order valence-electron chi connectivity index (χ4n) is 4.00. The number of halogens is 2. The Kier molecular flexibility index (Phi) is 9.02. The van der Waals surface area contributed by atoms with Crippen LogP contribution < -0.4 is 10.6 Å². The maximum atomic E-state index is 13.3. The molecule has 1 atom stereocenters. The topological polar surface area (TPSA) is 101 Å². The highest BCUT2D eigenvalue weighted by Crippen LogP contribution is 2.37. The first-order valence-electron chi connectivity index (χ1n) is 11.8. The van der Waals surface area contributed by atoms with Crippen molar-refractivity contribution in [3.63, 3.8) is 0 Å². The molecule has 194 valence electrons. The van der Waals surface area contributed by atoms with Crippen LogP contribution >= 0.6 is 34.5 Å². The summed E-state index contributed by atoms with van der Waals surface area (Å²) in [4.78, 5) is 43.9. The maximum Gasteiger partial charge on any atom is 0.407 e. The Morgan fingerprint density at radius 1 is 1.11 bits per heavy atom. The van der Waals surface area contributed by atoms with E-state index in [-0.39, 0.29) is 43.2 Å². The Hall–Kier alpha value is -3.14. The number of aromatic nitrogens is 1. The van der Waals surface area contributed by atoms with Crippen LogP contribution in [-0.2, 0) is 11.3 Å². The van der Waals surface area contributed by atoms with Crippen LogP contribution in [0.3, 0.4) is 0 Å². The zero-order valence-corrected chi connectivity index (χ0v) is 22.5. The van der Waals surface area contributed by atoms with Crippen LogP contribution in [-0.4, -0.2) is 47.4 Å². The van der Waals surface area contributed by atoms with E-state index in [0.29, 0.717) is 32.7 Å². The fourth-order valence-corrected chi connectivity index (χ4v) is 5.39. The van der Waals surface area contributed by atoms with Gasteiger partial charge >= 0.3 is 6.09 Å². The molecular formula is C26H26Cl2N4O4S. The van der Waals surface area contributed by atoms with Gasteiger partial charge in [0, 0.05) is 30.0 Å². The van der Waals surface area contributed by atoms with Crippen LogP contribution in [0.1, 0.15) is 55.9 Å². The minimum absolute atomic E-state index is 0.172. The van der Waals surface area contributed by atoms with E-state index >= 15 is 0 Å². The number of carbonyl (C=O) groups is 3. The van der Waals surface area contributed by atoms with Crippen LogP contribution in [0.15, 0.2) is 47.8 Å². The van der Waals surface area contributed by atoms with E-state index in [2.05, 4.69) is 15.6 Å². The number of likely N-dealkylation sites (tertiary alicyclic amines) is 1. The lowest BCUT2D eigenvalue weighted by molar-refractivity contribution is 0.0735. The Bertz CT molecular complexity index is 1280. The van der Waals surface area contributed by atoms with Gasteiger partial charge in [0.25, 0.3) is 11.8 Å². The predicted octanol–water partition coefficient (Wildman–Crippen LogP) is 5.39. The molecule has 2 aromatic carbocycles. The quantitative estimate of drug-likeness (QED) is 0.359. The summed E-state index contributed by atoms with van der Waals surface area (Å²) in [6.07, 6.45) is 1.02. The smallest absolute Gasteiger partial charge is 0.407 e. The minimum Gasteiger partial charge on any atom is -0.445 e. The Balaban J connectivity index is 1.28. The van der Waals surface area contributed by atoms with Crippen LogP contribution in [0.25, 0.3) is 0 Å². The van der Waals surface area contributed by atoms with Crippen LogP contribution in [0, 0.1) is 6.92 Å². The number of hydrogen-bond acceptors (Lipinski definition) is 6. The van der Waals surface area contributed by atoms with Gasteiger partial charge in [0.15, 0.2) is 0 Å². The lowest BCUT2D eigenvalue weighted by Crippen LogP contribution is -2.35. The minimum atomic E-state index is -0.559. The molecule has 4 rings (SSSR count). The molecule has 11 heteroatoms. The van der Waals surface area contributed by atoms with E-state index in [0.717, 1.165) is 18.4 Å². The summed E-state index contributed by atoms with van der Waals surface area (Å²) in [6.45, 7) is 2.95. The van der Waals surface area contributed by atoms with Crippen molar-refractivity contribution in [3.05, 3.63) is 85.3 Å². The van der Waals surface area contributed by atoms with Gasteiger partial charge in [-0.3, -0.25) is 9.59 Å². The molecule has 3 amide bonds. The molecule has 0 spiro atoms. The summed E-state index contributed by atoms with van der Waals surface area (Å²) in [7, 11) is 0. The van der Waals surface area contributed by atoms with E-state index in [4.69, 9.17) is 27.9 Å². The predicted molar refractivity (Wildman–Crippen MR) is 143 cm³/mol. The van der Waals surface area contributed by atoms with Gasteiger partial charge in [-0.25, -0.2) is 9.78 Å². The van der Waals surface area contributed by atoms with Crippen LogP contribution in [0.5, 0.6) is 0 Å². The molecule has 3 aromatic rings. The SMILES string of the molecule is Cc1c(Cl)ccc(C(=O)N2CCC[C@@H]2c2nc(C(=O)NCCNC(=O)OCc3ccccc3)cs2)c1Cl. The first kappa shape index (κ1) is 26.9. The van der Waals surface area contributed by atoms with Crippen molar-refractivity contribution in [2.75, 3.05) is 19.6 Å². The second kappa shape index (κ2) is 12.4. The molecule has 0 aliphatic carbocycles. The third-order valence-corrected chi connectivity index (χ3v) is 7.84. The van der Waals surface area contributed by atoms with E-state index in [1.54, 1.807) is 29.3 Å². The first-order valence-corrected chi connectivity index (χ1v) is 13.4. The highest BCUT2D eigenvalue weighted by atomic mass is 35.5. The van der Waals surface area contributed by atoms with Crippen molar-refractivity contribution in [2.45, 2.75) is 32.4 Å². The van der Waals surface area contributed by atoms with Crippen molar-refractivity contribution >= 4 is 52.4 Å². The van der Waals surface area contributed by atoms with Crippen molar-refractivity contribution < 1.29 is 19.1 Å². The number of hydrogen-bond donors (Lipinski definition) is 2. The van der Waals surface area contributed by atoms with Crippen LogP contribution in [0.2, 0.25) is 10.0 Å². The number of thiazole rings is 1. The molecule has 1 fully saturated rings. The third-order valence-electron chi connectivity index (χ3n) is 6.00. The Morgan fingerprint density at radius 3 is 2.65 bits per heavy atom. The summed E-state index contributed by atoms with van der Waals surface area (Å²) in [6, 6.07) is 12.4. The summed E-state index contributed by atoms with van der Waals surface area (Å²) in [5, 5.41) is 8.56. The molecule has 37 heavy (non-hydrogen) atoms. The normalized spacial score (nSPS) is 14.9. The molecular weight excluding hydrogens is 535 g/mol. The molecule has 1 aliphatic heterocycles. The molecule has 1 aromatic heterocycles. The molecule has 1 saturated heterocycles. The maximum absolute atomic E-state index is 13.3. The number of alkyl carbamates (subject to hydrolysis) is 1. The van der Waals surface area contributed by atoms with Crippen LogP contribution in [0.4, 0.5) is 4.79 Å². The fraction of sp³-hybridized carbons (Fsp3) is 0.308. The molecule has 0 saturated carbocycles. The zero-order valence-electron chi connectivity index (χ0n) is 20.1. The van der Waals surface area contributed by atoms with Gasteiger partial charge in [0.2, 0.25) is 0 Å². The molecule has 1 aliphatic rings. The second-order valence-corrected chi connectivity index (χ2v) is 10.2. The standard InChI is InChI=1S/C26H26Cl2N4O4S/c1-16-19(27)10-9-18(22(16)28)25(34)32-13-5-8-21(32)24-31-20(15-37-24)23(33)29-11-12-30-26(35)36-14-17-6-3-2-4-7-17/h2-4,6-7,9-10,15,21H,5,8,11-14H2,1H3,(H,29,33)(H,30,35)/t21-/m1/s1. The summed E-state index contributed by atoms with van der Waals surface area (Å²) in [5.74, 6) is -0.534. The summed E-state index contributed by atoms with van der Waals surface area (Å²) < 4.78 is 5.14. The lowest BCUT2D eigenvalue weighted by Gasteiger charge is -2.24. The van der Waals surface area contributed by atoms with Gasteiger partial charge < -0.3 is 20.3 Å². The summed E-state index contributed by atoms with van der Waals surface area (Å²) >= 11 is 13.9. The van der Waals surface area contributed by atoms with Gasteiger partial charge in [-0.05, 0) is 43.0 Å². The van der Waals surface area contributed by atoms with E-state index in [1.165, 1.54) is 11.3 Å². The Labute approximate surface area is 228 Å². The molecule has 0 bridgehead atoms. The summed E-state index contributed by atoms with van der Waals surface area (Å²) in [5.41, 5.74) is 2.22. The van der Waals surface area contributed by atoms with E-state index in [1.807, 2.05) is 30.3 Å². The number of rotatable bonds is 8. The monoisotopic (exact) mass is 560 g/mol. The number of amides is 3. The first-order chi connectivity index (χ1) is 17.8. The molecule has 8 nitrogen and oxygen atoms in total. The molecule has 0 unspecified atom stereocenters. The average molecular weight is 561 g/mol. The van der Waals surface area contributed by atoms with Crippen molar-refractivity contribution in [1.29, 1.82) is 0 Å². The van der Waals surface area contributed by atoms with Crippen molar-refractivity contribution in [3.8, 4) is 0 Å². The number of ether oxygens (including phenoxy) is 1. The lowest BCUT2D eigenvalue weighted by atomic mass is 10.1. The molecule has 2 heterocycles. The number of nitrogens with zero attached hydrogens (tertiary/aromatic N) is 2. The number of carbonyl (C=O) groups excluding carboxylic acids is 3.